The first-order chi connectivity index (χ1) is 12.4. The van der Waals surface area contributed by atoms with Gasteiger partial charge in [-0.3, -0.25) is 9.59 Å². The number of anilines is 1. The fraction of sp³-hybridized carbons (Fsp3) is 0.133. The van der Waals surface area contributed by atoms with Crippen LogP contribution in [0, 0.1) is 11.6 Å². The van der Waals surface area contributed by atoms with E-state index in [1.165, 1.54) is 6.08 Å². The second-order valence-corrected chi connectivity index (χ2v) is 5.46. The fourth-order valence-corrected chi connectivity index (χ4v) is 2.41. The lowest BCUT2D eigenvalue weighted by atomic mass is 10.1. The molecule has 0 spiro atoms. The maximum absolute atomic E-state index is 14.2. The molecule has 1 aliphatic rings. The van der Waals surface area contributed by atoms with Crippen LogP contribution in [-0.4, -0.2) is 27.5 Å². The number of H-pyrrole nitrogens is 1. The Morgan fingerprint density at radius 1 is 1.35 bits per heavy atom. The Kier molecular flexibility index (Phi) is 4.80. The van der Waals surface area contributed by atoms with E-state index in [9.17, 15) is 23.5 Å². The Balaban J connectivity index is 1.92. The van der Waals surface area contributed by atoms with Crippen molar-refractivity contribution in [2.24, 2.45) is 10.2 Å². The lowest BCUT2D eigenvalue weighted by Crippen LogP contribution is -2.25. The van der Waals surface area contributed by atoms with Crippen LogP contribution in [-0.2, 0) is 5.75 Å². The molecule has 8 nitrogen and oxygen atoms in total. The van der Waals surface area contributed by atoms with E-state index < -0.39 is 40.2 Å². The highest BCUT2D eigenvalue weighted by Crippen LogP contribution is 2.28. The van der Waals surface area contributed by atoms with E-state index in [1.54, 1.807) is 0 Å². The minimum Gasteiger partial charge on any atom is -0.493 e. The molecule has 0 atom stereocenters. The van der Waals surface area contributed by atoms with Crippen molar-refractivity contribution in [3.05, 3.63) is 57.1 Å². The van der Waals surface area contributed by atoms with E-state index >= 15 is 0 Å². The Bertz CT molecular complexity index is 1020. The summed E-state index contributed by atoms with van der Waals surface area (Å²) in [7, 11) is 0. The number of carbonyl (C=O) groups is 1. The number of nitrogens with one attached hydrogen (secondary N) is 2. The summed E-state index contributed by atoms with van der Waals surface area (Å²) in [5.74, 6) is -3.70. The average molecular weight is 379 g/mol. The van der Waals surface area contributed by atoms with Crippen molar-refractivity contribution in [2.75, 3.05) is 11.9 Å². The summed E-state index contributed by atoms with van der Waals surface area (Å²) in [4.78, 5) is 29.9. The fourth-order valence-electron chi connectivity index (χ4n) is 2.26. The molecular weight excluding hydrogens is 368 g/mol. The van der Waals surface area contributed by atoms with Crippen LogP contribution in [0.25, 0.3) is 5.70 Å². The molecule has 26 heavy (non-hydrogen) atoms. The highest BCUT2D eigenvalue weighted by molar-refractivity contribution is 7.79. The first-order valence-electron chi connectivity index (χ1n) is 7.22. The number of nitrogens with zero attached hydrogens (tertiary/aromatic N) is 3. The molecule has 0 radical (unpaired) electrons. The largest absolute Gasteiger partial charge is 0.493 e. The number of azo groups is 1. The minimum absolute atomic E-state index is 0.0270. The van der Waals surface area contributed by atoms with Gasteiger partial charge in [0.2, 0.25) is 5.88 Å². The predicted octanol–water partition coefficient (Wildman–Crippen LogP) is 2.24. The van der Waals surface area contributed by atoms with Gasteiger partial charge in [0.25, 0.3) is 11.5 Å². The van der Waals surface area contributed by atoms with Gasteiger partial charge in [-0.25, -0.2) is 8.78 Å². The highest BCUT2D eigenvalue weighted by Gasteiger charge is 2.21. The molecule has 0 bridgehead atoms. The average Bonchev–Trinajstić information content (AvgIpc) is 3.11. The number of carbonyl (C=O) groups excluding carboxylic acids is 1. The second-order valence-electron chi connectivity index (χ2n) is 5.15. The molecule has 1 aromatic heterocycles. The van der Waals surface area contributed by atoms with E-state index in [4.69, 9.17) is 0 Å². The normalized spacial score (nSPS) is 13.0. The first kappa shape index (κ1) is 17.7. The summed E-state index contributed by atoms with van der Waals surface area (Å²) in [6.45, 7) is 0.270. The number of aromatic nitrogens is 2. The molecule has 134 valence electrons. The van der Waals surface area contributed by atoms with Gasteiger partial charge in [-0.1, -0.05) is 0 Å². The van der Waals surface area contributed by atoms with Gasteiger partial charge in [-0.05, 0) is 12.1 Å². The van der Waals surface area contributed by atoms with Crippen LogP contribution in [0.4, 0.5) is 14.5 Å². The van der Waals surface area contributed by atoms with Gasteiger partial charge in [0, 0.05) is 17.4 Å². The zero-order valence-corrected chi connectivity index (χ0v) is 13.8. The molecule has 11 heteroatoms. The van der Waals surface area contributed by atoms with E-state index in [-0.39, 0.29) is 29.4 Å². The molecular formula is C15H11F2N5O3S. The minimum atomic E-state index is -1.15. The highest BCUT2D eigenvalue weighted by atomic mass is 32.1. The van der Waals surface area contributed by atoms with Crippen LogP contribution in [0.3, 0.4) is 0 Å². The molecule has 1 amide bonds. The number of halogens is 2. The summed E-state index contributed by atoms with van der Waals surface area (Å²) >= 11 is 3.89. The van der Waals surface area contributed by atoms with Crippen molar-refractivity contribution in [3.63, 3.8) is 0 Å². The summed E-state index contributed by atoms with van der Waals surface area (Å²) in [6, 6.07) is 1.60. The molecule has 0 aliphatic carbocycles. The Hall–Kier alpha value is -3.08. The van der Waals surface area contributed by atoms with Crippen LogP contribution in [0.2, 0.25) is 0 Å². The third kappa shape index (κ3) is 3.33. The molecule has 2 heterocycles. The quantitative estimate of drug-likeness (QED) is 0.609. The number of benzene rings is 1. The van der Waals surface area contributed by atoms with Crippen LogP contribution >= 0.6 is 12.6 Å². The second kappa shape index (κ2) is 7.04. The summed E-state index contributed by atoms with van der Waals surface area (Å²) in [5, 5.41) is 19.1. The number of rotatable bonds is 4. The maximum Gasteiger partial charge on any atom is 0.267 e. The Morgan fingerprint density at radius 3 is 2.73 bits per heavy atom. The topological polar surface area (TPSA) is 120 Å². The van der Waals surface area contributed by atoms with E-state index in [1.807, 2.05) is 5.32 Å². The van der Waals surface area contributed by atoms with Gasteiger partial charge in [0.05, 0.1) is 17.9 Å². The van der Waals surface area contributed by atoms with E-state index in [2.05, 4.69) is 32.8 Å². The van der Waals surface area contributed by atoms with Crippen molar-refractivity contribution in [1.29, 1.82) is 0 Å². The molecule has 0 fully saturated rings. The van der Waals surface area contributed by atoms with Gasteiger partial charge in [-0.2, -0.15) is 27.8 Å². The number of aromatic amines is 1. The summed E-state index contributed by atoms with van der Waals surface area (Å²) in [5.41, 5.74) is -2.11. The van der Waals surface area contributed by atoms with E-state index in [0.29, 0.717) is 0 Å². The number of aromatic hydroxyl groups is 1. The Labute approximate surface area is 150 Å². The van der Waals surface area contributed by atoms with Crippen LogP contribution in [0.1, 0.15) is 21.7 Å². The van der Waals surface area contributed by atoms with Gasteiger partial charge in [0.1, 0.15) is 17.5 Å². The monoisotopic (exact) mass is 379 g/mol. The van der Waals surface area contributed by atoms with Gasteiger partial charge in [-0.15, -0.1) is 0 Å². The summed E-state index contributed by atoms with van der Waals surface area (Å²) in [6.07, 6.45) is 1.52. The SMILES string of the molecule is O=C(Nc1cc(F)c(C2=CCN=N2)cc1F)c1c(O)nc(CS)[nH]c1=O. The van der Waals surface area contributed by atoms with Crippen molar-refractivity contribution >= 4 is 29.9 Å². The molecule has 2 aromatic rings. The third-order valence-corrected chi connectivity index (χ3v) is 3.75. The lowest BCUT2D eigenvalue weighted by Gasteiger charge is -2.09. The molecule has 0 unspecified atom stereocenters. The van der Waals surface area contributed by atoms with Gasteiger partial charge in [0.15, 0.2) is 5.56 Å². The number of hydrogen-bond acceptors (Lipinski definition) is 7. The van der Waals surface area contributed by atoms with E-state index in [0.717, 1.165) is 12.1 Å². The van der Waals surface area contributed by atoms with Crippen LogP contribution in [0.5, 0.6) is 5.88 Å². The lowest BCUT2D eigenvalue weighted by molar-refractivity contribution is 0.102. The van der Waals surface area contributed by atoms with Crippen molar-refractivity contribution in [1.82, 2.24) is 9.97 Å². The standard InChI is InChI=1S/C15H11F2N5O3S/c16-7-4-10(8(17)3-6(7)9-1-2-18-22-9)19-13(23)12-14(24)20-11(5-26)21-15(12)25/h1,3-4,26H,2,5H2,(H,19,23)(H2,20,21,24,25). The predicted molar refractivity (Wildman–Crippen MR) is 91.2 cm³/mol. The summed E-state index contributed by atoms with van der Waals surface area (Å²) < 4.78 is 28.4. The van der Waals surface area contributed by atoms with Crippen molar-refractivity contribution in [2.45, 2.75) is 5.75 Å². The molecule has 1 aromatic carbocycles. The van der Waals surface area contributed by atoms with Crippen LogP contribution < -0.4 is 10.9 Å². The molecule has 0 saturated heterocycles. The zero-order chi connectivity index (χ0) is 18.8. The van der Waals surface area contributed by atoms with Crippen molar-refractivity contribution in [3.8, 4) is 5.88 Å². The number of amides is 1. The maximum atomic E-state index is 14.2. The molecule has 0 saturated carbocycles. The molecule has 1 aliphatic heterocycles. The van der Waals surface area contributed by atoms with Crippen LogP contribution in [0.15, 0.2) is 33.2 Å². The van der Waals surface area contributed by atoms with Gasteiger partial charge >= 0.3 is 0 Å². The third-order valence-electron chi connectivity index (χ3n) is 3.45. The Morgan fingerprint density at radius 2 is 2.12 bits per heavy atom. The zero-order valence-electron chi connectivity index (χ0n) is 13.0. The number of hydrogen-bond donors (Lipinski definition) is 4. The number of thiol groups is 1. The van der Waals surface area contributed by atoms with Gasteiger partial charge < -0.3 is 15.4 Å². The molecule has 3 rings (SSSR count). The molecule has 3 N–H and O–H groups in total. The smallest absolute Gasteiger partial charge is 0.267 e. The first-order valence-corrected chi connectivity index (χ1v) is 7.85. The van der Waals surface area contributed by atoms with Crippen molar-refractivity contribution < 1.29 is 18.7 Å².